The third-order valence-corrected chi connectivity index (χ3v) is 3.32. The van der Waals surface area contributed by atoms with E-state index < -0.39 is 0 Å². The maximum Gasteiger partial charge on any atom is -0.0323 e. The largest absolute Gasteiger partial charge is 0.0649 e. The van der Waals surface area contributed by atoms with Crippen molar-refractivity contribution in [2.24, 2.45) is 16.7 Å². The van der Waals surface area contributed by atoms with E-state index in [0.29, 0.717) is 10.8 Å². The van der Waals surface area contributed by atoms with Crippen LogP contribution in [0.15, 0.2) is 0 Å². The summed E-state index contributed by atoms with van der Waals surface area (Å²) in [6.07, 6.45) is 5.73. The van der Waals surface area contributed by atoms with E-state index in [1.54, 1.807) is 0 Å². The first-order chi connectivity index (χ1) is 5.35. The molecule has 0 aliphatic heterocycles. The molecule has 0 N–H and O–H groups in total. The van der Waals surface area contributed by atoms with Crippen LogP contribution < -0.4 is 0 Å². The van der Waals surface area contributed by atoms with Crippen molar-refractivity contribution in [3.8, 4) is 0 Å². The molecule has 0 spiro atoms. The molecule has 0 amide bonds. The molecule has 72 valence electrons. The molecule has 0 aromatic rings. The zero-order valence-corrected chi connectivity index (χ0v) is 9.41. The SMILES string of the molecule is CCC1(C)CC(CC(C)(C)C)C1. The maximum atomic E-state index is 2.44. The zero-order chi connectivity index (χ0) is 9.41. The topological polar surface area (TPSA) is 0 Å². The second-order valence-electron chi connectivity index (χ2n) is 6.20. The molecule has 0 atom stereocenters. The van der Waals surface area contributed by atoms with Gasteiger partial charge in [0.25, 0.3) is 0 Å². The predicted molar refractivity (Wildman–Crippen MR) is 55.2 cm³/mol. The van der Waals surface area contributed by atoms with Gasteiger partial charge in [-0.05, 0) is 36.0 Å². The summed E-state index contributed by atoms with van der Waals surface area (Å²) in [5, 5.41) is 0. The van der Waals surface area contributed by atoms with Gasteiger partial charge in [-0.15, -0.1) is 0 Å². The molecule has 0 saturated heterocycles. The van der Waals surface area contributed by atoms with Crippen LogP contribution in [-0.2, 0) is 0 Å². The lowest BCUT2D eigenvalue weighted by Gasteiger charge is -2.47. The quantitative estimate of drug-likeness (QED) is 0.578. The molecule has 0 unspecified atom stereocenters. The molecule has 0 radical (unpaired) electrons. The summed E-state index contributed by atoms with van der Waals surface area (Å²) in [6.45, 7) is 11.8. The van der Waals surface area contributed by atoms with E-state index in [4.69, 9.17) is 0 Å². The fourth-order valence-electron chi connectivity index (χ4n) is 2.63. The van der Waals surface area contributed by atoms with Gasteiger partial charge in [-0.1, -0.05) is 41.0 Å². The highest BCUT2D eigenvalue weighted by Crippen LogP contribution is 2.51. The van der Waals surface area contributed by atoms with Crippen LogP contribution in [0.2, 0.25) is 0 Å². The summed E-state index contributed by atoms with van der Waals surface area (Å²) in [7, 11) is 0. The Morgan fingerprint density at radius 3 is 2.08 bits per heavy atom. The molecule has 0 aromatic heterocycles. The Hall–Kier alpha value is 0. The Balaban J connectivity index is 2.26. The van der Waals surface area contributed by atoms with Gasteiger partial charge in [0.1, 0.15) is 0 Å². The molecule has 1 aliphatic carbocycles. The van der Waals surface area contributed by atoms with Gasteiger partial charge in [0.2, 0.25) is 0 Å². The molecule has 1 aliphatic rings. The van der Waals surface area contributed by atoms with Crippen molar-refractivity contribution in [1.82, 2.24) is 0 Å². The van der Waals surface area contributed by atoms with Crippen molar-refractivity contribution in [1.29, 1.82) is 0 Å². The van der Waals surface area contributed by atoms with Gasteiger partial charge in [0.05, 0.1) is 0 Å². The minimum absolute atomic E-state index is 0.541. The molecule has 12 heavy (non-hydrogen) atoms. The number of rotatable bonds is 2. The van der Waals surface area contributed by atoms with E-state index in [9.17, 15) is 0 Å². The molecule has 0 heteroatoms. The van der Waals surface area contributed by atoms with Gasteiger partial charge in [-0.3, -0.25) is 0 Å². The number of hydrogen-bond donors (Lipinski definition) is 0. The van der Waals surface area contributed by atoms with Crippen LogP contribution in [0.5, 0.6) is 0 Å². The van der Waals surface area contributed by atoms with Gasteiger partial charge in [0, 0.05) is 0 Å². The highest BCUT2D eigenvalue weighted by molar-refractivity contribution is 4.90. The Labute approximate surface area is 77.7 Å². The Morgan fingerprint density at radius 1 is 1.25 bits per heavy atom. The Kier molecular flexibility index (Phi) is 2.56. The third-order valence-electron chi connectivity index (χ3n) is 3.32. The minimum atomic E-state index is 0.541. The van der Waals surface area contributed by atoms with Gasteiger partial charge in [0.15, 0.2) is 0 Å². The van der Waals surface area contributed by atoms with Crippen molar-refractivity contribution < 1.29 is 0 Å². The van der Waals surface area contributed by atoms with Crippen molar-refractivity contribution in [3.05, 3.63) is 0 Å². The second kappa shape index (κ2) is 3.05. The average molecular weight is 168 g/mol. The van der Waals surface area contributed by atoms with E-state index in [2.05, 4.69) is 34.6 Å². The number of hydrogen-bond acceptors (Lipinski definition) is 0. The summed E-state index contributed by atoms with van der Waals surface area (Å²) in [5.74, 6) is 1.02. The molecule has 0 heterocycles. The van der Waals surface area contributed by atoms with Gasteiger partial charge in [-0.2, -0.15) is 0 Å². The van der Waals surface area contributed by atoms with E-state index in [-0.39, 0.29) is 0 Å². The minimum Gasteiger partial charge on any atom is -0.0649 e. The van der Waals surface area contributed by atoms with Crippen LogP contribution in [0.4, 0.5) is 0 Å². The monoisotopic (exact) mass is 168 g/mol. The lowest BCUT2D eigenvalue weighted by Crippen LogP contribution is -2.35. The predicted octanol–water partition coefficient (Wildman–Crippen LogP) is 4.25. The smallest absolute Gasteiger partial charge is 0.0323 e. The summed E-state index contributed by atoms with van der Waals surface area (Å²) >= 11 is 0. The van der Waals surface area contributed by atoms with E-state index >= 15 is 0 Å². The summed E-state index contributed by atoms with van der Waals surface area (Å²) < 4.78 is 0. The van der Waals surface area contributed by atoms with Crippen molar-refractivity contribution in [2.75, 3.05) is 0 Å². The molecule has 1 fully saturated rings. The molecule has 1 rings (SSSR count). The fourth-order valence-corrected chi connectivity index (χ4v) is 2.63. The molecule has 1 saturated carbocycles. The van der Waals surface area contributed by atoms with Crippen LogP contribution in [0.25, 0.3) is 0 Å². The molecule has 0 nitrogen and oxygen atoms in total. The molecular weight excluding hydrogens is 144 g/mol. The molecular formula is C12H24. The Morgan fingerprint density at radius 2 is 1.75 bits per heavy atom. The van der Waals surface area contributed by atoms with Crippen LogP contribution >= 0.6 is 0 Å². The van der Waals surface area contributed by atoms with Crippen LogP contribution in [0.3, 0.4) is 0 Å². The summed E-state index contributed by atoms with van der Waals surface area (Å²) in [5.41, 5.74) is 1.25. The van der Waals surface area contributed by atoms with Crippen molar-refractivity contribution >= 4 is 0 Å². The summed E-state index contributed by atoms with van der Waals surface area (Å²) in [6, 6.07) is 0. The van der Waals surface area contributed by atoms with Gasteiger partial charge < -0.3 is 0 Å². The normalized spacial score (nSPS) is 36.2. The fraction of sp³-hybridized carbons (Fsp3) is 1.00. The standard InChI is InChI=1S/C12H24/c1-6-12(5)8-10(9-12)7-11(2,3)4/h10H,6-9H2,1-5H3. The second-order valence-corrected chi connectivity index (χ2v) is 6.20. The highest BCUT2D eigenvalue weighted by Gasteiger charge is 2.39. The van der Waals surface area contributed by atoms with Crippen molar-refractivity contribution in [3.63, 3.8) is 0 Å². The van der Waals surface area contributed by atoms with Crippen molar-refractivity contribution in [2.45, 2.75) is 60.3 Å². The first-order valence-corrected chi connectivity index (χ1v) is 5.35. The van der Waals surface area contributed by atoms with E-state index in [1.807, 2.05) is 0 Å². The van der Waals surface area contributed by atoms with E-state index in [1.165, 1.54) is 25.7 Å². The average Bonchev–Trinajstić information content (AvgIpc) is 1.81. The lowest BCUT2D eigenvalue weighted by molar-refractivity contribution is 0.0423. The highest BCUT2D eigenvalue weighted by atomic mass is 14.4. The zero-order valence-electron chi connectivity index (χ0n) is 9.41. The van der Waals surface area contributed by atoms with Crippen LogP contribution in [0.1, 0.15) is 60.3 Å². The van der Waals surface area contributed by atoms with E-state index in [0.717, 1.165) is 5.92 Å². The lowest BCUT2D eigenvalue weighted by atomic mass is 9.58. The van der Waals surface area contributed by atoms with Gasteiger partial charge >= 0.3 is 0 Å². The van der Waals surface area contributed by atoms with Crippen LogP contribution in [0, 0.1) is 16.7 Å². The first-order valence-electron chi connectivity index (χ1n) is 5.35. The molecule has 0 aromatic carbocycles. The summed E-state index contributed by atoms with van der Waals surface area (Å²) in [4.78, 5) is 0. The van der Waals surface area contributed by atoms with Gasteiger partial charge in [-0.25, -0.2) is 0 Å². The molecule has 0 bridgehead atoms. The maximum absolute atomic E-state index is 2.44. The third kappa shape index (κ3) is 2.50. The Bertz CT molecular complexity index is 144. The first kappa shape index (κ1) is 10.1. The van der Waals surface area contributed by atoms with Crippen LogP contribution in [-0.4, -0.2) is 0 Å².